The minimum Gasteiger partial charge on any atom is -0.352 e. The van der Waals surface area contributed by atoms with Crippen LogP contribution in [0, 0.1) is 0 Å². The van der Waals surface area contributed by atoms with Gasteiger partial charge in [0.1, 0.15) is 6.04 Å². The van der Waals surface area contributed by atoms with Crippen LogP contribution in [0.4, 0.5) is 0 Å². The summed E-state index contributed by atoms with van der Waals surface area (Å²) in [6.45, 7) is 3.80. The van der Waals surface area contributed by atoms with Crippen molar-refractivity contribution < 1.29 is 5.73 Å². The number of hydrogen-bond donors (Lipinski definition) is 1. The van der Waals surface area contributed by atoms with Crippen molar-refractivity contribution in [3.8, 4) is 0 Å². The molecule has 0 fully saturated rings. The molecule has 0 saturated heterocycles. The first-order valence-electron chi connectivity index (χ1n) is 6.91. The normalized spacial score (nSPS) is 22.1. The maximum Gasteiger partial charge on any atom is 0.107 e. The van der Waals surface area contributed by atoms with E-state index >= 15 is 0 Å². The first-order chi connectivity index (χ1) is 9.29. The molecule has 19 heavy (non-hydrogen) atoms. The topological polar surface area (TPSA) is 27.6 Å². The fourth-order valence-corrected chi connectivity index (χ4v) is 4.09. The van der Waals surface area contributed by atoms with Crippen LogP contribution in [0.15, 0.2) is 64.4 Å². The van der Waals surface area contributed by atoms with Gasteiger partial charge in [-0.2, -0.15) is 0 Å². The molecule has 1 aliphatic carbocycles. The zero-order valence-corrected chi connectivity index (χ0v) is 12.0. The first kappa shape index (κ1) is 12.8. The molecule has 2 unspecified atom stereocenters. The third kappa shape index (κ3) is 2.43. The Bertz CT molecular complexity index is 556. The van der Waals surface area contributed by atoms with Crippen LogP contribution in [0.3, 0.4) is 0 Å². The molecular weight excluding hydrogens is 250 g/mol. The lowest BCUT2D eigenvalue weighted by Gasteiger charge is -2.21. The molecule has 3 rings (SSSR count). The van der Waals surface area contributed by atoms with Crippen LogP contribution in [0.5, 0.6) is 0 Å². The molecular formula is C17H20NS+. The maximum absolute atomic E-state index is 4.32. The summed E-state index contributed by atoms with van der Waals surface area (Å²) < 4.78 is 0. The van der Waals surface area contributed by atoms with Gasteiger partial charge in [-0.15, -0.1) is 6.58 Å². The second-order valence-corrected chi connectivity index (χ2v) is 6.39. The van der Waals surface area contributed by atoms with Crippen molar-refractivity contribution in [2.24, 2.45) is 0 Å². The average Bonchev–Trinajstić information content (AvgIpc) is 2.82. The van der Waals surface area contributed by atoms with Crippen LogP contribution in [0.1, 0.15) is 30.7 Å². The van der Waals surface area contributed by atoms with E-state index in [9.17, 15) is 0 Å². The van der Waals surface area contributed by atoms with E-state index < -0.39 is 0 Å². The van der Waals surface area contributed by atoms with E-state index in [1.807, 2.05) is 17.8 Å². The molecule has 0 aromatic heterocycles. The third-order valence-electron chi connectivity index (χ3n) is 4.01. The molecule has 2 atom stereocenters. The molecule has 0 amide bonds. The lowest BCUT2D eigenvalue weighted by atomic mass is 9.85. The summed E-state index contributed by atoms with van der Waals surface area (Å²) >= 11 is 1.93. The number of fused-ring (bicyclic) bond motifs is 3. The summed E-state index contributed by atoms with van der Waals surface area (Å²) in [5.74, 6) is 0.578. The average molecular weight is 270 g/mol. The Morgan fingerprint density at radius 1 is 1.37 bits per heavy atom. The molecule has 1 nitrogen and oxygen atoms in total. The Morgan fingerprint density at radius 2 is 2.21 bits per heavy atom. The highest BCUT2D eigenvalue weighted by Crippen LogP contribution is 2.52. The van der Waals surface area contributed by atoms with Gasteiger partial charge in [0.05, 0.1) is 0 Å². The Hall–Kier alpha value is -1.25. The van der Waals surface area contributed by atoms with Gasteiger partial charge in [-0.05, 0) is 34.9 Å². The molecule has 1 heterocycles. The number of rotatable bonds is 4. The number of quaternary nitrogens is 1. The van der Waals surface area contributed by atoms with Crippen molar-refractivity contribution in [1.82, 2.24) is 0 Å². The van der Waals surface area contributed by atoms with E-state index in [-0.39, 0.29) is 0 Å². The van der Waals surface area contributed by atoms with Crippen molar-refractivity contribution in [2.45, 2.75) is 36.1 Å². The highest BCUT2D eigenvalue weighted by atomic mass is 32.2. The summed E-state index contributed by atoms with van der Waals surface area (Å²) in [5.41, 5.74) is 7.31. The molecule has 1 aromatic rings. The monoisotopic (exact) mass is 270 g/mol. The molecule has 0 saturated carbocycles. The fourth-order valence-electron chi connectivity index (χ4n) is 2.87. The number of thioether (sulfide) groups is 1. The number of allylic oxidation sites excluding steroid dienone is 4. The summed E-state index contributed by atoms with van der Waals surface area (Å²) in [5, 5.41) is 0. The van der Waals surface area contributed by atoms with Crippen molar-refractivity contribution >= 4 is 11.8 Å². The van der Waals surface area contributed by atoms with Crippen molar-refractivity contribution in [2.75, 3.05) is 0 Å². The zero-order valence-electron chi connectivity index (χ0n) is 11.1. The Kier molecular flexibility index (Phi) is 3.63. The molecule has 0 bridgehead atoms. The van der Waals surface area contributed by atoms with Gasteiger partial charge in [0.2, 0.25) is 0 Å². The van der Waals surface area contributed by atoms with E-state index in [4.69, 9.17) is 0 Å². The second-order valence-electron chi connectivity index (χ2n) is 5.27. The fraction of sp³-hybridized carbons (Fsp3) is 0.294. The van der Waals surface area contributed by atoms with Crippen LogP contribution in [0.25, 0.3) is 0 Å². The van der Waals surface area contributed by atoms with Gasteiger partial charge < -0.3 is 5.73 Å². The standard InChI is InChI=1S/C17H19NS/c1-2-3-7-15(18)12-9-10-17-14(11-12)13-6-4-5-8-16(13)19-17/h2,4-6,8-10,14-15H,1,3,7,11,18H2/p+1. The predicted octanol–water partition coefficient (Wildman–Crippen LogP) is 3.67. The van der Waals surface area contributed by atoms with Crippen LogP contribution in [0.2, 0.25) is 0 Å². The van der Waals surface area contributed by atoms with Gasteiger partial charge in [-0.3, -0.25) is 0 Å². The van der Waals surface area contributed by atoms with E-state index in [2.05, 4.69) is 48.7 Å². The number of hydrogen-bond acceptors (Lipinski definition) is 1. The molecule has 1 aromatic carbocycles. The van der Waals surface area contributed by atoms with Crippen LogP contribution in [-0.2, 0) is 0 Å². The van der Waals surface area contributed by atoms with Crippen LogP contribution >= 0.6 is 11.8 Å². The van der Waals surface area contributed by atoms with Crippen LogP contribution < -0.4 is 5.73 Å². The van der Waals surface area contributed by atoms with Gasteiger partial charge in [0.25, 0.3) is 0 Å². The zero-order chi connectivity index (χ0) is 13.2. The lowest BCUT2D eigenvalue weighted by Crippen LogP contribution is -2.61. The van der Waals surface area contributed by atoms with Gasteiger partial charge in [0, 0.05) is 17.2 Å². The van der Waals surface area contributed by atoms with Gasteiger partial charge in [0.15, 0.2) is 0 Å². The van der Waals surface area contributed by atoms with E-state index in [0.29, 0.717) is 12.0 Å². The molecule has 2 aliphatic rings. The van der Waals surface area contributed by atoms with Gasteiger partial charge >= 0.3 is 0 Å². The van der Waals surface area contributed by atoms with E-state index in [1.165, 1.54) is 20.9 Å². The Balaban J connectivity index is 1.80. The predicted molar refractivity (Wildman–Crippen MR) is 81.9 cm³/mol. The minimum atomic E-state index is 0.425. The van der Waals surface area contributed by atoms with Crippen molar-refractivity contribution in [3.05, 3.63) is 65.1 Å². The molecule has 1 aliphatic heterocycles. The molecule has 98 valence electrons. The van der Waals surface area contributed by atoms with Crippen LogP contribution in [-0.4, -0.2) is 6.04 Å². The van der Waals surface area contributed by atoms with Crippen molar-refractivity contribution in [3.63, 3.8) is 0 Å². The highest BCUT2D eigenvalue weighted by Gasteiger charge is 2.31. The van der Waals surface area contributed by atoms with E-state index in [1.54, 1.807) is 0 Å². The van der Waals surface area contributed by atoms with Crippen molar-refractivity contribution in [1.29, 1.82) is 0 Å². The SMILES string of the molecule is C=CCCC([NH3+])C1=CC=C2Sc3ccccc3C2C1. The third-order valence-corrected chi connectivity index (χ3v) is 5.26. The molecule has 3 N–H and O–H groups in total. The minimum absolute atomic E-state index is 0.425. The maximum atomic E-state index is 4.32. The molecule has 0 spiro atoms. The lowest BCUT2D eigenvalue weighted by molar-refractivity contribution is -0.408. The van der Waals surface area contributed by atoms with Gasteiger partial charge in [-0.25, -0.2) is 0 Å². The first-order valence-corrected chi connectivity index (χ1v) is 7.72. The molecule has 0 radical (unpaired) electrons. The Morgan fingerprint density at radius 3 is 3.05 bits per heavy atom. The van der Waals surface area contributed by atoms with E-state index in [0.717, 1.165) is 19.3 Å². The number of benzene rings is 1. The summed E-state index contributed by atoms with van der Waals surface area (Å²) in [4.78, 5) is 2.93. The second kappa shape index (κ2) is 5.40. The quantitative estimate of drug-likeness (QED) is 0.831. The highest BCUT2D eigenvalue weighted by molar-refractivity contribution is 8.03. The Labute approximate surface area is 119 Å². The smallest absolute Gasteiger partial charge is 0.107 e. The summed E-state index contributed by atoms with van der Waals surface area (Å²) in [6.07, 6.45) is 9.90. The summed E-state index contributed by atoms with van der Waals surface area (Å²) in [7, 11) is 0. The van der Waals surface area contributed by atoms with Gasteiger partial charge in [-0.1, -0.05) is 48.2 Å². The molecule has 2 heteroatoms. The summed E-state index contributed by atoms with van der Waals surface area (Å²) in [6, 6.07) is 9.22. The largest absolute Gasteiger partial charge is 0.352 e.